The number of aryl methyl sites for hydroxylation is 1. The Morgan fingerprint density at radius 2 is 1.89 bits per heavy atom. The Morgan fingerprint density at radius 1 is 1.07 bits per heavy atom. The smallest absolute Gasteiger partial charge is 0.308 e. The van der Waals surface area contributed by atoms with Crippen LogP contribution in [0.4, 0.5) is 5.69 Å². The number of methoxy groups -OCH3 is 2. The minimum atomic E-state index is -0.890. The van der Waals surface area contributed by atoms with Crippen LogP contribution in [0.5, 0.6) is 23.0 Å². The molecule has 0 spiro atoms. The second-order valence-electron chi connectivity index (χ2n) is 11.2. The second-order valence-corrected chi connectivity index (χ2v) is 11.2. The first-order valence-electron chi connectivity index (χ1n) is 15.2. The van der Waals surface area contributed by atoms with E-state index in [4.69, 9.17) is 18.9 Å². The predicted octanol–water partition coefficient (Wildman–Crippen LogP) is 5.15. The first-order chi connectivity index (χ1) is 21.4. The molecule has 10 nitrogen and oxygen atoms in total. The molecule has 10 heteroatoms. The van der Waals surface area contributed by atoms with E-state index in [-0.39, 0.29) is 31.2 Å². The number of unbranched alkanes of at least 4 members (excludes halogenated alkanes) is 1. The Hall–Kier alpha value is -4.31. The highest BCUT2D eigenvalue weighted by Crippen LogP contribution is 2.47. The van der Waals surface area contributed by atoms with Crippen LogP contribution in [-0.4, -0.2) is 73.6 Å². The van der Waals surface area contributed by atoms with Crippen molar-refractivity contribution in [3.63, 3.8) is 0 Å². The van der Waals surface area contributed by atoms with Gasteiger partial charge in [-0.2, -0.15) is 0 Å². The summed E-state index contributed by atoms with van der Waals surface area (Å²) in [5.74, 6) is 0.277. The fourth-order valence-electron chi connectivity index (χ4n) is 6.45. The number of nitrogens with zero attached hydrogens (tertiary/aromatic N) is 3. The number of amides is 1. The third kappa shape index (κ3) is 6.75. The van der Waals surface area contributed by atoms with Crippen LogP contribution in [0, 0.1) is 5.92 Å². The number of carboxylic acid groups (broad SMARTS) is 1. The summed E-state index contributed by atoms with van der Waals surface area (Å²) in [5, 5.41) is 10.7. The molecule has 2 aliphatic rings. The molecule has 3 aromatic rings. The van der Waals surface area contributed by atoms with Crippen molar-refractivity contribution in [2.24, 2.45) is 5.92 Å². The van der Waals surface area contributed by atoms with E-state index in [2.05, 4.69) is 16.8 Å². The van der Waals surface area contributed by atoms with E-state index in [0.29, 0.717) is 36.8 Å². The fourth-order valence-corrected chi connectivity index (χ4v) is 6.45. The van der Waals surface area contributed by atoms with Crippen molar-refractivity contribution in [2.75, 3.05) is 45.5 Å². The van der Waals surface area contributed by atoms with Gasteiger partial charge in [0, 0.05) is 31.2 Å². The summed E-state index contributed by atoms with van der Waals surface area (Å²) in [6.07, 6.45) is 7.24. The first-order valence-corrected chi connectivity index (χ1v) is 15.2. The van der Waals surface area contributed by atoms with Crippen LogP contribution in [0.2, 0.25) is 0 Å². The van der Waals surface area contributed by atoms with Crippen molar-refractivity contribution < 1.29 is 33.6 Å². The normalized spacial score (nSPS) is 19.1. The highest BCUT2D eigenvalue weighted by atomic mass is 16.7. The number of aromatic nitrogens is 1. The number of hydrogen-bond donors (Lipinski definition) is 1. The highest BCUT2D eigenvalue weighted by Gasteiger charge is 2.47. The standard InChI is InChI=1S/C34H41N3O7/c1-4-5-16-37(25-12-9-15-35-19-25)31(38)21-36-20-26(24-17-29(42-3)33-30(18-24)43-22-44-33)32(34(39)40)27(36)13-8-11-23-10-6-7-14-28(23)41-2/h6-7,9-10,12,14-15,17-19,26-27,32H,4-5,8,11,13,16,20-22H2,1-3H3,(H,39,40)/t26-,27+,32-/m1/s1. The number of ether oxygens (including phenoxy) is 4. The molecule has 2 aliphatic heterocycles. The number of hydrogen-bond acceptors (Lipinski definition) is 8. The lowest BCUT2D eigenvalue weighted by Crippen LogP contribution is -2.44. The molecule has 1 saturated heterocycles. The summed E-state index contributed by atoms with van der Waals surface area (Å²) >= 11 is 0. The molecule has 0 unspecified atom stereocenters. The summed E-state index contributed by atoms with van der Waals surface area (Å²) in [4.78, 5) is 35.0. The van der Waals surface area contributed by atoms with Crippen molar-refractivity contribution in [3.05, 3.63) is 72.1 Å². The van der Waals surface area contributed by atoms with E-state index >= 15 is 0 Å². The average molecular weight is 604 g/mol. The van der Waals surface area contributed by atoms with Gasteiger partial charge in [-0.1, -0.05) is 31.5 Å². The van der Waals surface area contributed by atoms with Crippen LogP contribution in [0.15, 0.2) is 60.9 Å². The molecule has 234 valence electrons. The molecule has 1 fully saturated rings. The summed E-state index contributed by atoms with van der Waals surface area (Å²) in [6.45, 7) is 3.24. The van der Waals surface area contributed by atoms with Crippen molar-refractivity contribution >= 4 is 17.6 Å². The molecule has 44 heavy (non-hydrogen) atoms. The number of carbonyl (C=O) groups excluding carboxylic acids is 1. The van der Waals surface area contributed by atoms with Gasteiger partial charge in [-0.3, -0.25) is 19.5 Å². The van der Waals surface area contributed by atoms with Crippen LogP contribution >= 0.6 is 0 Å². The van der Waals surface area contributed by atoms with Gasteiger partial charge in [0.15, 0.2) is 11.5 Å². The minimum Gasteiger partial charge on any atom is -0.496 e. The number of pyridine rings is 1. The van der Waals surface area contributed by atoms with E-state index < -0.39 is 11.9 Å². The predicted molar refractivity (Wildman–Crippen MR) is 166 cm³/mol. The molecule has 5 rings (SSSR count). The van der Waals surface area contributed by atoms with Crippen molar-refractivity contribution in [1.82, 2.24) is 9.88 Å². The maximum absolute atomic E-state index is 13.9. The Labute approximate surface area is 258 Å². The van der Waals surface area contributed by atoms with Gasteiger partial charge in [0.05, 0.1) is 38.6 Å². The van der Waals surface area contributed by atoms with Crippen LogP contribution < -0.4 is 23.8 Å². The number of carbonyl (C=O) groups is 2. The number of likely N-dealkylation sites (tertiary alicyclic amines) is 1. The van der Waals surface area contributed by atoms with Gasteiger partial charge in [-0.05, 0) is 67.1 Å². The number of para-hydroxylation sites is 1. The number of benzene rings is 2. The van der Waals surface area contributed by atoms with Crippen molar-refractivity contribution in [2.45, 2.75) is 51.0 Å². The van der Waals surface area contributed by atoms with Gasteiger partial charge in [-0.15, -0.1) is 0 Å². The molecule has 0 bridgehead atoms. The number of fused-ring (bicyclic) bond motifs is 1. The van der Waals surface area contributed by atoms with E-state index in [1.165, 1.54) is 0 Å². The zero-order valence-corrected chi connectivity index (χ0v) is 25.6. The third-order valence-electron chi connectivity index (χ3n) is 8.61. The Bertz CT molecular complexity index is 1430. The molecule has 2 aromatic carbocycles. The number of rotatable bonds is 14. The monoisotopic (exact) mass is 603 g/mol. The lowest BCUT2D eigenvalue weighted by molar-refractivity contribution is -0.143. The molecule has 1 amide bonds. The summed E-state index contributed by atoms with van der Waals surface area (Å²) in [5.41, 5.74) is 2.60. The van der Waals surface area contributed by atoms with Gasteiger partial charge < -0.3 is 29.0 Å². The maximum atomic E-state index is 13.9. The zero-order valence-electron chi connectivity index (χ0n) is 25.6. The SMILES string of the molecule is CCCCN(C(=O)CN1C[C@H](c2cc(OC)c3c(c2)OCO3)[C@@H](C(=O)O)[C@@H]1CCCc1ccccc1OC)c1cccnc1. The molecule has 3 heterocycles. The van der Waals surface area contributed by atoms with Crippen LogP contribution in [0.3, 0.4) is 0 Å². The molecule has 1 aromatic heterocycles. The molecular formula is C34H41N3O7. The molecule has 0 radical (unpaired) electrons. The van der Waals surface area contributed by atoms with Crippen molar-refractivity contribution in [1.29, 1.82) is 0 Å². The number of aliphatic carboxylic acids is 1. The summed E-state index contributed by atoms with van der Waals surface area (Å²) in [6, 6.07) is 14.9. The van der Waals surface area contributed by atoms with Gasteiger partial charge >= 0.3 is 5.97 Å². The maximum Gasteiger partial charge on any atom is 0.308 e. The van der Waals surface area contributed by atoms with E-state index in [1.54, 1.807) is 31.5 Å². The Balaban J connectivity index is 1.45. The quantitative estimate of drug-likeness (QED) is 0.267. The van der Waals surface area contributed by atoms with Gasteiger partial charge in [0.2, 0.25) is 18.4 Å². The number of carboxylic acids is 1. The van der Waals surface area contributed by atoms with Crippen molar-refractivity contribution in [3.8, 4) is 23.0 Å². The molecule has 1 N–H and O–H groups in total. The average Bonchev–Trinajstić information content (AvgIpc) is 3.66. The topological polar surface area (TPSA) is 111 Å². The Morgan fingerprint density at radius 3 is 2.61 bits per heavy atom. The highest BCUT2D eigenvalue weighted by molar-refractivity contribution is 5.94. The third-order valence-corrected chi connectivity index (χ3v) is 8.61. The van der Waals surface area contributed by atoms with Crippen LogP contribution in [0.25, 0.3) is 0 Å². The zero-order chi connectivity index (χ0) is 31.1. The summed E-state index contributed by atoms with van der Waals surface area (Å²) in [7, 11) is 3.21. The van der Waals surface area contributed by atoms with Gasteiger partial charge in [-0.25, -0.2) is 0 Å². The van der Waals surface area contributed by atoms with Crippen LogP contribution in [-0.2, 0) is 16.0 Å². The van der Waals surface area contributed by atoms with E-state index in [1.807, 2.05) is 48.5 Å². The minimum absolute atomic E-state index is 0.0748. The van der Waals surface area contributed by atoms with E-state index in [9.17, 15) is 14.7 Å². The van der Waals surface area contributed by atoms with Gasteiger partial charge in [0.25, 0.3) is 0 Å². The summed E-state index contributed by atoms with van der Waals surface area (Å²) < 4.78 is 22.4. The molecule has 0 aliphatic carbocycles. The first kappa shape index (κ1) is 31.1. The molecule has 3 atom stereocenters. The van der Waals surface area contributed by atoms with Gasteiger partial charge in [0.1, 0.15) is 5.75 Å². The number of anilines is 1. The molecule has 0 saturated carbocycles. The molecular weight excluding hydrogens is 562 g/mol. The van der Waals surface area contributed by atoms with E-state index in [0.717, 1.165) is 48.2 Å². The largest absolute Gasteiger partial charge is 0.496 e. The second kappa shape index (κ2) is 14.4. The lowest BCUT2D eigenvalue weighted by Gasteiger charge is -2.29. The Kier molecular flexibility index (Phi) is 10.2. The fraction of sp³-hybridized carbons (Fsp3) is 0.441. The van der Waals surface area contributed by atoms with Crippen LogP contribution in [0.1, 0.15) is 49.7 Å². The lowest BCUT2D eigenvalue weighted by atomic mass is 9.83.